The number of nitriles is 1. The number of aliphatic imine (C=N–C) groups is 1. The molecule has 0 heterocycles. The van der Waals surface area contributed by atoms with Crippen LogP contribution in [0.1, 0.15) is 16.7 Å². The van der Waals surface area contributed by atoms with Gasteiger partial charge in [-0.15, -0.1) is 0 Å². The highest BCUT2D eigenvalue weighted by atomic mass is 16.6. The molecule has 0 aliphatic heterocycles. The Morgan fingerprint density at radius 1 is 1.25 bits per heavy atom. The second kappa shape index (κ2) is 5.76. The zero-order chi connectivity index (χ0) is 14.5. The molecule has 0 aliphatic rings. The molecule has 5 nitrogen and oxygen atoms in total. The van der Waals surface area contributed by atoms with Crippen LogP contribution in [-0.2, 0) is 0 Å². The quantitative estimate of drug-likeness (QED) is 0.483. The Labute approximate surface area is 116 Å². The van der Waals surface area contributed by atoms with Crippen LogP contribution in [0.5, 0.6) is 0 Å². The third-order valence-corrected chi connectivity index (χ3v) is 2.87. The third-order valence-electron chi connectivity index (χ3n) is 2.87. The largest absolute Gasteiger partial charge is 0.274 e. The molecule has 0 aliphatic carbocycles. The first-order valence-electron chi connectivity index (χ1n) is 5.90. The molecule has 0 fully saturated rings. The SMILES string of the molecule is Cc1c(N=Cc2ccc(C#N)cc2)cccc1[N+](=O)[O-]. The first-order chi connectivity index (χ1) is 9.61. The molecule has 0 saturated carbocycles. The van der Waals surface area contributed by atoms with Gasteiger partial charge in [-0.1, -0.05) is 18.2 Å². The van der Waals surface area contributed by atoms with E-state index in [0.29, 0.717) is 16.8 Å². The van der Waals surface area contributed by atoms with Crippen molar-refractivity contribution in [1.82, 2.24) is 0 Å². The first kappa shape index (κ1) is 13.4. The minimum absolute atomic E-state index is 0.0551. The summed E-state index contributed by atoms with van der Waals surface area (Å²) in [7, 11) is 0. The smallest absolute Gasteiger partial charge is 0.258 e. The molecule has 0 aromatic heterocycles. The van der Waals surface area contributed by atoms with Crippen LogP contribution in [-0.4, -0.2) is 11.1 Å². The van der Waals surface area contributed by atoms with Crippen LogP contribution < -0.4 is 0 Å². The highest BCUT2D eigenvalue weighted by molar-refractivity contribution is 5.82. The lowest BCUT2D eigenvalue weighted by Gasteiger charge is -2.00. The summed E-state index contributed by atoms with van der Waals surface area (Å²) in [6.07, 6.45) is 1.62. The second-order valence-corrected chi connectivity index (χ2v) is 4.17. The Balaban J connectivity index is 2.29. The Bertz CT molecular complexity index is 713. The predicted octanol–water partition coefficient (Wildman–Crippen LogP) is 3.53. The zero-order valence-electron chi connectivity index (χ0n) is 10.8. The lowest BCUT2D eigenvalue weighted by molar-refractivity contribution is -0.385. The van der Waals surface area contributed by atoms with E-state index in [1.54, 1.807) is 49.5 Å². The summed E-state index contributed by atoms with van der Waals surface area (Å²) in [5.41, 5.74) is 2.55. The van der Waals surface area contributed by atoms with Crippen LogP contribution in [0.15, 0.2) is 47.5 Å². The fourth-order valence-corrected chi connectivity index (χ4v) is 1.74. The Morgan fingerprint density at radius 3 is 2.55 bits per heavy atom. The fraction of sp³-hybridized carbons (Fsp3) is 0.0667. The van der Waals surface area contributed by atoms with E-state index >= 15 is 0 Å². The molecule has 0 bridgehead atoms. The van der Waals surface area contributed by atoms with Crippen molar-refractivity contribution in [2.45, 2.75) is 6.92 Å². The molecule has 0 atom stereocenters. The third kappa shape index (κ3) is 2.87. The van der Waals surface area contributed by atoms with Gasteiger partial charge >= 0.3 is 0 Å². The van der Waals surface area contributed by atoms with E-state index in [4.69, 9.17) is 5.26 Å². The summed E-state index contributed by atoms with van der Waals surface area (Å²) in [5, 5.41) is 19.5. The minimum atomic E-state index is -0.421. The molecule has 2 aromatic carbocycles. The van der Waals surface area contributed by atoms with Gasteiger partial charge in [0.1, 0.15) is 0 Å². The Morgan fingerprint density at radius 2 is 1.95 bits per heavy atom. The second-order valence-electron chi connectivity index (χ2n) is 4.17. The molecule has 0 unspecified atom stereocenters. The Hall–Kier alpha value is -3.00. The lowest BCUT2D eigenvalue weighted by atomic mass is 10.1. The number of rotatable bonds is 3. The van der Waals surface area contributed by atoms with E-state index in [2.05, 4.69) is 4.99 Å². The summed E-state index contributed by atoms with van der Waals surface area (Å²) < 4.78 is 0. The highest BCUT2D eigenvalue weighted by Gasteiger charge is 2.12. The van der Waals surface area contributed by atoms with Gasteiger partial charge in [0.05, 0.1) is 27.8 Å². The van der Waals surface area contributed by atoms with Crippen LogP contribution in [0.3, 0.4) is 0 Å². The number of nitro groups is 1. The molecule has 0 radical (unpaired) electrons. The summed E-state index contributed by atoms with van der Waals surface area (Å²) in [4.78, 5) is 14.7. The first-order valence-corrected chi connectivity index (χ1v) is 5.90. The summed E-state index contributed by atoms with van der Waals surface area (Å²) in [5.74, 6) is 0. The average Bonchev–Trinajstić information content (AvgIpc) is 2.46. The van der Waals surface area contributed by atoms with Crippen LogP contribution in [0.25, 0.3) is 0 Å². The van der Waals surface area contributed by atoms with Gasteiger partial charge < -0.3 is 0 Å². The molecular formula is C15H11N3O2. The van der Waals surface area contributed by atoms with Crippen molar-refractivity contribution >= 4 is 17.6 Å². The average molecular weight is 265 g/mol. The van der Waals surface area contributed by atoms with Crippen molar-refractivity contribution in [1.29, 1.82) is 5.26 Å². The maximum absolute atomic E-state index is 10.8. The maximum Gasteiger partial charge on any atom is 0.274 e. The van der Waals surface area contributed by atoms with Crippen LogP contribution in [0, 0.1) is 28.4 Å². The minimum Gasteiger partial charge on any atom is -0.258 e. The van der Waals surface area contributed by atoms with Gasteiger partial charge in [-0.25, -0.2) is 0 Å². The van der Waals surface area contributed by atoms with Crippen molar-refractivity contribution in [3.63, 3.8) is 0 Å². The molecular weight excluding hydrogens is 254 g/mol. The van der Waals surface area contributed by atoms with Crippen LogP contribution in [0.2, 0.25) is 0 Å². The molecule has 0 saturated heterocycles. The molecule has 98 valence electrons. The molecule has 0 N–H and O–H groups in total. The molecule has 5 heteroatoms. The molecule has 0 spiro atoms. The van der Waals surface area contributed by atoms with E-state index in [0.717, 1.165) is 5.56 Å². The van der Waals surface area contributed by atoms with Gasteiger partial charge in [-0.2, -0.15) is 5.26 Å². The predicted molar refractivity (Wildman–Crippen MR) is 76.2 cm³/mol. The molecule has 0 amide bonds. The van der Waals surface area contributed by atoms with Crippen LogP contribution in [0.4, 0.5) is 11.4 Å². The summed E-state index contributed by atoms with van der Waals surface area (Å²) in [6, 6.07) is 13.8. The van der Waals surface area contributed by atoms with Gasteiger partial charge in [0.25, 0.3) is 5.69 Å². The number of nitro benzene ring substituents is 1. The van der Waals surface area contributed by atoms with Crippen molar-refractivity contribution in [3.8, 4) is 6.07 Å². The summed E-state index contributed by atoms with van der Waals surface area (Å²) >= 11 is 0. The topological polar surface area (TPSA) is 79.3 Å². The fourth-order valence-electron chi connectivity index (χ4n) is 1.74. The van der Waals surface area contributed by atoms with E-state index in [1.165, 1.54) is 6.07 Å². The van der Waals surface area contributed by atoms with E-state index in [9.17, 15) is 10.1 Å². The van der Waals surface area contributed by atoms with Gasteiger partial charge in [0.15, 0.2) is 0 Å². The van der Waals surface area contributed by atoms with Crippen molar-refractivity contribution in [2.24, 2.45) is 4.99 Å². The summed E-state index contributed by atoms with van der Waals surface area (Å²) in [6.45, 7) is 1.67. The standard InChI is InChI=1S/C15H11N3O2/c1-11-14(3-2-4-15(11)18(19)20)17-10-13-7-5-12(9-16)6-8-13/h2-8,10H,1H3. The van der Waals surface area contributed by atoms with Crippen LogP contribution >= 0.6 is 0 Å². The van der Waals surface area contributed by atoms with Gasteiger partial charge in [0, 0.05) is 12.3 Å². The number of hydrogen-bond acceptors (Lipinski definition) is 4. The molecule has 2 rings (SSSR count). The molecule has 2 aromatic rings. The zero-order valence-corrected chi connectivity index (χ0v) is 10.8. The number of benzene rings is 2. The number of nitrogens with zero attached hydrogens (tertiary/aromatic N) is 3. The highest BCUT2D eigenvalue weighted by Crippen LogP contribution is 2.27. The van der Waals surface area contributed by atoms with Crippen molar-refractivity contribution in [3.05, 3.63) is 69.3 Å². The Kier molecular flexibility index (Phi) is 3.87. The van der Waals surface area contributed by atoms with Gasteiger partial charge in [-0.3, -0.25) is 15.1 Å². The normalized spacial score (nSPS) is 10.4. The van der Waals surface area contributed by atoms with Gasteiger partial charge in [-0.05, 0) is 30.7 Å². The van der Waals surface area contributed by atoms with Crippen molar-refractivity contribution in [2.75, 3.05) is 0 Å². The van der Waals surface area contributed by atoms with E-state index < -0.39 is 4.92 Å². The maximum atomic E-state index is 10.8. The van der Waals surface area contributed by atoms with Gasteiger partial charge in [0.2, 0.25) is 0 Å². The number of hydrogen-bond donors (Lipinski definition) is 0. The van der Waals surface area contributed by atoms with E-state index in [-0.39, 0.29) is 5.69 Å². The van der Waals surface area contributed by atoms with Crippen molar-refractivity contribution < 1.29 is 4.92 Å². The lowest BCUT2D eigenvalue weighted by Crippen LogP contribution is -1.91. The molecule has 20 heavy (non-hydrogen) atoms. The monoisotopic (exact) mass is 265 g/mol. The van der Waals surface area contributed by atoms with E-state index in [1.807, 2.05) is 6.07 Å².